The van der Waals surface area contributed by atoms with Crippen LogP contribution in [-0.2, 0) is 4.79 Å². The molecule has 0 spiro atoms. The van der Waals surface area contributed by atoms with Gasteiger partial charge in [-0.3, -0.25) is 4.79 Å². The fourth-order valence-electron chi connectivity index (χ4n) is 2.43. The Morgan fingerprint density at radius 3 is 2.25 bits per heavy atom. The van der Waals surface area contributed by atoms with Crippen molar-refractivity contribution in [1.82, 2.24) is 0 Å². The number of carboxylic acid groups (broad SMARTS) is 1. The Morgan fingerprint density at radius 1 is 1.19 bits per heavy atom. The lowest BCUT2D eigenvalue weighted by molar-refractivity contribution is -0.137. The number of hydrogen-bond acceptors (Lipinski definition) is 1. The molecule has 1 aromatic rings. The minimum absolute atomic E-state index is 0.0804. The van der Waals surface area contributed by atoms with E-state index in [4.69, 9.17) is 5.11 Å². The average Bonchev–Trinajstić information content (AvgIpc) is 2.13. The predicted octanol–water partition coefficient (Wildman–Crippen LogP) is 3.50. The van der Waals surface area contributed by atoms with Gasteiger partial charge in [0.25, 0.3) is 0 Å². The van der Waals surface area contributed by atoms with E-state index in [0.717, 1.165) is 0 Å². The van der Waals surface area contributed by atoms with Crippen LogP contribution in [0.3, 0.4) is 0 Å². The Balaban J connectivity index is 3.23. The molecule has 0 aliphatic carbocycles. The summed E-state index contributed by atoms with van der Waals surface area (Å²) >= 11 is 0. The van der Waals surface area contributed by atoms with Crippen LogP contribution in [0.15, 0.2) is 6.07 Å². The second-order valence-electron chi connectivity index (χ2n) is 4.67. The fraction of sp³-hybridized carbons (Fsp3) is 0.500. The van der Waals surface area contributed by atoms with Gasteiger partial charge in [-0.1, -0.05) is 13.0 Å². The third-order valence-corrected chi connectivity index (χ3v) is 3.39. The zero-order valence-electron chi connectivity index (χ0n) is 10.7. The molecule has 1 atom stereocenters. The molecule has 1 N–H and O–H groups in total. The number of benzene rings is 1. The Hall–Kier alpha value is -1.31. The first-order valence-electron chi connectivity index (χ1n) is 5.63. The van der Waals surface area contributed by atoms with Crippen molar-refractivity contribution in [2.45, 2.75) is 47.0 Å². The Morgan fingerprint density at radius 2 is 1.75 bits per heavy atom. The lowest BCUT2D eigenvalue weighted by atomic mass is 9.86. The lowest BCUT2D eigenvalue weighted by Gasteiger charge is -2.19. The van der Waals surface area contributed by atoms with Crippen molar-refractivity contribution in [2.75, 3.05) is 0 Å². The molecule has 16 heavy (non-hydrogen) atoms. The van der Waals surface area contributed by atoms with E-state index in [1.807, 2.05) is 6.92 Å². The monoisotopic (exact) mass is 220 g/mol. The van der Waals surface area contributed by atoms with Crippen LogP contribution in [0.5, 0.6) is 0 Å². The topological polar surface area (TPSA) is 37.3 Å². The first-order chi connectivity index (χ1) is 7.34. The molecule has 1 aromatic carbocycles. The number of carbonyl (C=O) groups is 1. The minimum Gasteiger partial charge on any atom is -0.481 e. The molecule has 1 unspecified atom stereocenters. The van der Waals surface area contributed by atoms with Gasteiger partial charge in [0, 0.05) is 0 Å². The largest absolute Gasteiger partial charge is 0.481 e. The molecule has 0 heterocycles. The van der Waals surface area contributed by atoms with Crippen LogP contribution in [0.1, 0.15) is 47.1 Å². The number of carboxylic acids is 1. The van der Waals surface area contributed by atoms with Gasteiger partial charge >= 0.3 is 5.97 Å². The summed E-state index contributed by atoms with van der Waals surface area (Å²) in [6.45, 7) is 10.3. The molecule has 0 amide bonds. The molecular formula is C14H20O2. The molecule has 0 saturated heterocycles. The summed E-state index contributed by atoms with van der Waals surface area (Å²) in [5.74, 6) is -0.652. The van der Waals surface area contributed by atoms with Gasteiger partial charge in [0.15, 0.2) is 0 Å². The molecule has 2 nitrogen and oxygen atoms in total. The molecule has 0 saturated carbocycles. The van der Waals surface area contributed by atoms with Gasteiger partial charge in [-0.2, -0.15) is 0 Å². The van der Waals surface area contributed by atoms with Gasteiger partial charge in [-0.05, 0) is 61.4 Å². The molecule has 0 radical (unpaired) electrons. The summed E-state index contributed by atoms with van der Waals surface area (Å²) in [6, 6.07) is 2.15. The molecule has 0 fully saturated rings. The smallest absolute Gasteiger partial charge is 0.303 e. The number of aliphatic carboxylic acids is 1. The van der Waals surface area contributed by atoms with Gasteiger partial charge in [-0.25, -0.2) is 0 Å². The lowest BCUT2D eigenvalue weighted by Crippen LogP contribution is -2.08. The van der Waals surface area contributed by atoms with Crippen molar-refractivity contribution in [2.24, 2.45) is 0 Å². The van der Waals surface area contributed by atoms with Crippen LogP contribution in [0.25, 0.3) is 0 Å². The molecule has 2 heteroatoms. The Bertz CT molecular complexity index is 419. The van der Waals surface area contributed by atoms with Crippen LogP contribution in [0.2, 0.25) is 0 Å². The third kappa shape index (κ3) is 2.43. The molecule has 0 bridgehead atoms. The van der Waals surface area contributed by atoms with E-state index >= 15 is 0 Å². The van der Waals surface area contributed by atoms with Crippen molar-refractivity contribution >= 4 is 5.97 Å². The van der Waals surface area contributed by atoms with Crippen molar-refractivity contribution in [3.8, 4) is 0 Å². The van der Waals surface area contributed by atoms with E-state index in [2.05, 4.69) is 33.8 Å². The summed E-state index contributed by atoms with van der Waals surface area (Å²) in [4.78, 5) is 10.8. The number of rotatable bonds is 3. The van der Waals surface area contributed by atoms with E-state index < -0.39 is 5.97 Å². The van der Waals surface area contributed by atoms with Gasteiger partial charge in [0.1, 0.15) is 0 Å². The van der Waals surface area contributed by atoms with Crippen LogP contribution in [0, 0.1) is 27.7 Å². The van der Waals surface area contributed by atoms with Crippen LogP contribution >= 0.6 is 0 Å². The second-order valence-corrected chi connectivity index (χ2v) is 4.67. The highest BCUT2D eigenvalue weighted by molar-refractivity contribution is 5.68. The first kappa shape index (κ1) is 12.8. The van der Waals surface area contributed by atoms with Gasteiger partial charge in [-0.15, -0.1) is 0 Å². The van der Waals surface area contributed by atoms with Gasteiger partial charge in [0.2, 0.25) is 0 Å². The standard InChI is InChI=1S/C14H20O2/c1-8-6-9(2)14(12(5)11(8)4)10(3)7-13(15)16/h6,10H,7H2,1-5H3,(H,15,16). The maximum absolute atomic E-state index is 10.8. The van der Waals surface area contributed by atoms with Gasteiger partial charge in [0.05, 0.1) is 6.42 Å². The Kier molecular flexibility index (Phi) is 3.74. The van der Waals surface area contributed by atoms with Crippen molar-refractivity contribution < 1.29 is 9.90 Å². The van der Waals surface area contributed by atoms with E-state index in [9.17, 15) is 4.79 Å². The number of aryl methyl sites for hydroxylation is 2. The normalized spacial score (nSPS) is 12.6. The third-order valence-electron chi connectivity index (χ3n) is 3.39. The molecule has 88 valence electrons. The van der Waals surface area contributed by atoms with Crippen LogP contribution in [0.4, 0.5) is 0 Å². The molecular weight excluding hydrogens is 200 g/mol. The van der Waals surface area contributed by atoms with Crippen molar-refractivity contribution in [3.05, 3.63) is 33.9 Å². The Labute approximate surface area is 97.3 Å². The molecule has 1 rings (SSSR count). The maximum atomic E-state index is 10.8. The minimum atomic E-state index is -0.732. The highest BCUT2D eigenvalue weighted by atomic mass is 16.4. The SMILES string of the molecule is Cc1cc(C)c(C(C)CC(=O)O)c(C)c1C. The number of hydrogen-bond donors (Lipinski definition) is 1. The van der Waals surface area contributed by atoms with Crippen molar-refractivity contribution in [1.29, 1.82) is 0 Å². The summed E-state index contributed by atoms with van der Waals surface area (Å²) in [5, 5.41) is 8.85. The summed E-state index contributed by atoms with van der Waals surface area (Å²) in [7, 11) is 0. The average molecular weight is 220 g/mol. The molecule has 0 aliphatic heterocycles. The summed E-state index contributed by atoms with van der Waals surface area (Å²) in [6.07, 6.45) is 0.199. The van der Waals surface area contributed by atoms with E-state index in [1.54, 1.807) is 0 Å². The van der Waals surface area contributed by atoms with Crippen LogP contribution in [-0.4, -0.2) is 11.1 Å². The van der Waals surface area contributed by atoms with E-state index in [-0.39, 0.29) is 12.3 Å². The van der Waals surface area contributed by atoms with E-state index in [0.29, 0.717) is 0 Å². The summed E-state index contributed by atoms with van der Waals surface area (Å²) < 4.78 is 0. The maximum Gasteiger partial charge on any atom is 0.303 e. The van der Waals surface area contributed by atoms with Crippen molar-refractivity contribution in [3.63, 3.8) is 0 Å². The summed E-state index contributed by atoms with van der Waals surface area (Å²) in [5.41, 5.74) is 6.20. The molecule has 0 aromatic heterocycles. The molecule has 0 aliphatic rings. The predicted molar refractivity (Wildman–Crippen MR) is 66.1 cm³/mol. The zero-order valence-corrected chi connectivity index (χ0v) is 10.7. The highest BCUT2D eigenvalue weighted by Gasteiger charge is 2.16. The van der Waals surface area contributed by atoms with Gasteiger partial charge < -0.3 is 5.11 Å². The second kappa shape index (κ2) is 4.69. The van der Waals surface area contributed by atoms with E-state index in [1.165, 1.54) is 27.8 Å². The van der Waals surface area contributed by atoms with Crippen LogP contribution < -0.4 is 0 Å². The highest BCUT2D eigenvalue weighted by Crippen LogP contribution is 2.29. The fourth-order valence-corrected chi connectivity index (χ4v) is 2.43. The first-order valence-corrected chi connectivity index (χ1v) is 5.63. The quantitative estimate of drug-likeness (QED) is 0.846. The zero-order chi connectivity index (χ0) is 12.5.